The number of halogens is 10. The molecule has 5 rings (SSSR count). The Labute approximate surface area is 294 Å². The number of rotatable bonds is 7. The van der Waals surface area contributed by atoms with Crippen molar-refractivity contribution < 1.29 is 53.8 Å². The third-order valence-corrected chi connectivity index (χ3v) is 9.41. The molecule has 14 heteroatoms. The zero-order valence-electron chi connectivity index (χ0n) is 26.4. The first-order chi connectivity index (χ1) is 23.2. The van der Waals surface area contributed by atoms with E-state index in [9.17, 15) is 49.1 Å². The number of ether oxygens (including phenoxy) is 1. The van der Waals surface area contributed by atoms with Crippen LogP contribution in [0.1, 0.15) is 69.3 Å². The molecule has 0 bridgehead atoms. The molecule has 0 aromatic heterocycles. The summed E-state index contributed by atoms with van der Waals surface area (Å²) in [7, 11) is 0. The van der Waals surface area contributed by atoms with Crippen molar-refractivity contribution in [2.75, 3.05) is 0 Å². The summed E-state index contributed by atoms with van der Waals surface area (Å²) >= 11 is 2.10. The highest BCUT2D eigenvalue weighted by Gasteiger charge is 2.44. The number of hydrogen-bond acceptors (Lipinski definition) is 3. The van der Waals surface area contributed by atoms with Crippen LogP contribution in [0.25, 0.3) is 22.3 Å². The predicted molar refractivity (Wildman–Crippen MR) is 175 cm³/mol. The van der Waals surface area contributed by atoms with Gasteiger partial charge in [0.1, 0.15) is 6.10 Å². The number of Topliss-reactive ketones (excluding diaryl/α,β-unsaturated/α-hetero) is 1. The monoisotopic (exact) mass is 819 g/mol. The summed E-state index contributed by atoms with van der Waals surface area (Å²) in [5, 5.41) is 0. The Morgan fingerprint density at radius 2 is 1.34 bits per heavy atom. The van der Waals surface area contributed by atoms with Crippen LogP contribution < -0.4 is 0 Å². The molecule has 0 N–H and O–H groups in total. The molecule has 0 saturated carbocycles. The van der Waals surface area contributed by atoms with Gasteiger partial charge in [0, 0.05) is 9.99 Å². The van der Waals surface area contributed by atoms with E-state index in [1.807, 2.05) is 19.1 Å². The molecule has 0 unspecified atom stereocenters. The summed E-state index contributed by atoms with van der Waals surface area (Å²) in [5.74, 6) is -0.124. The molecule has 1 amide bonds. The first-order valence-electron chi connectivity index (χ1n) is 15.0. The summed E-state index contributed by atoms with van der Waals surface area (Å²) in [5.41, 5.74) is -0.395. The Morgan fingerprint density at radius 1 is 0.740 bits per heavy atom. The summed E-state index contributed by atoms with van der Waals surface area (Å²) in [6, 6.07) is 13.3. The van der Waals surface area contributed by atoms with Crippen LogP contribution in [0, 0.1) is 6.92 Å². The van der Waals surface area contributed by atoms with Crippen LogP contribution in [-0.4, -0.2) is 22.8 Å². The smallest absolute Gasteiger partial charge is 0.416 e. The summed E-state index contributed by atoms with van der Waals surface area (Å²) in [6.07, 6.45) is -17.8. The molecule has 0 radical (unpaired) electrons. The maximum absolute atomic E-state index is 14.0. The maximum Gasteiger partial charge on any atom is 0.416 e. The van der Waals surface area contributed by atoms with Gasteiger partial charge in [-0.15, -0.1) is 0 Å². The van der Waals surface area contributed by atoms with Gasteiger partial charge in [-0.1, -0.05) is 52.9 Å². The molecule has 4 aromatic rings. The van der Waals surface area contributed by atoms with E-state index >= 15 is 0 Å². The van der Waals surface area contributed by atoms with Crippen LogP contribution >= 0.6 is 22.6 Å². The number of ketones is 1. The van der Waals surface area contributed by atoms with Crippen molar-refractivity contribution in [3.63, 3.8) is 0 Å². The Kier molecular flexibility index (Phi) is 10.1. The van der Waals surface area contributed by atoms with E-state index in [0.29, 0.717) is 38.8 Å². The van der Waals surface area contributed by atoms with Gasteiger partial charge < -0.3 is 4.74 Å². The predicted octanol–water partition coefficient (Wildman–Crippen LogP) is 11.6. The highest BCUT2D eigenvalue weighted by molar-refractivity contribution is 14.1. The van der Waals surface area contributed by atoms with Gasteiger partial charge in [-0.05, 0) is 108 Å². The van der Waals surface area contributed by atoms with Crippen molar-refractivity contribution in [3.05, 3.63) is 117 Å². The van der Waals surface area contributed by atoms with Crippen LogP contribution in [0.2, 0.25) is 0 Å². The van der Waals surface area contributed by atoms with Crippen molar-refractivity contribution in [2.24, 2.45) is 0 Å². The van der Waals surface area contributed by atoms with Gasteiger partial charge in [-0.25, -0.2) is 4.79 Å². The number of aryl methyl sites for hydroxylation is 1. The van der Waals surface area contributed by atoms with Crippen LogP contribution in [0.5, 0.6) is 0 Å². The lowest BCUT2D eigenvalue weighted by Gasteiger charge is -2.24. The molecule has 0 aliphatic carbocycles. The maximum atomic E-state index is 14.0. The molecule has 1 heterocycles. The molecule has 2 atom stereocenters. The van der Waals surface area contributed by atoms with Crippen molar-refractivity contribution in [3.8, 4) is 22.3 Å². The lowest BCUT2D eigenvalue weighted by molar-refractivity contribution is -0.143. The molecule has 1 saturated heterocycles. The largest absolute Gasteiger partial charge is 0.439 e. The van der Waals surface area contributed by atoms with E-state index < -0.39 is 65.6 Å². The fourth-order valence-corrected chi connectivity index (χ4v) is 6.63. The van der Waals surface area contributed by atoms with E-state index in [0.717, 1.165) is 33.7 Å². The van der Waals surface area contributed by atoms with Crippen LogP contribution in [0.3, 0.4) is 0 Å². The zero-order valence-corrected chi connectivity index (χ0v) is 28.6. The fraction of sp³-hybridized carbons (Fsp3) is 0.278. The fourth-order valence-electron chi connectivity index (χ4n) is 5.97. The third-order valence-electron chi connectivity index (χ3n) is 8.59. The first kappa shape index (κ1) is 37.2. The molecule has 0 spiro atoms. The Bertz CT molecular complexity index is 1940. The van der Waals surface area contributed by atoms with E-state index in [-0.39, 0.29) is 17.4 Å². The molecule has 1 fully saturated rings. The Morgan fingerprint density at radius 3 is 1.88 bits per heavy atom. The van der Waals surface area contributed by atoms with Gasteiger partial charge >= 0.3 is 24.6 Å². The molecule has 264 valence electrons. The van der Waals surface area contributed by atoms with Crippen molar-refractivity contribution in [2.45, 2.75) is 62.4 Å². The van der Waals surface area contributed by atoms with Gasteiger partial charge in [-0.3, -0.25) is 9.69 Å². The van der Waals surface area contributed by atoms with Gasteiger partial charge in [0.05, 0.1) is 29.3 Å². The number of carbonyl (C=O) groups excluding carboxylic acids is 2. The highest BCUT2D eigenvalue weighted by atomic mass is 127. The number of hydrogen-bond donors (Lipinski definition) is 0. The standard InChI is InChI=1S/C36H27F9INO3/c1-18-10-21(20(3)48)6-8-29(18)22-4-5-23(16-46)31(14-22)30-9-7-26(34(37,38)39)13-25(30)17-47-19(2)32(50-33(47)49)24-11-27(35(40,41)42)15-28(12-24)36(43,44)45/h4-15,19,32H,16-17H2,1-3H3/t19-,32-/m0/s1. The number of carbonyl (C=O) groups is 2. The Hall–Kier alpha value is -4.08. The number of nitrogens with zero attached hydrogens (tertiary/aromatic N) is 1. The molecule has 4 nitrogen and oxygen atoms in total. The SMILES string of the molecule is CC(=O)c1ccc(-c2ccc(CI)c(-c3ccc(C(F)(F)F)cc3CN3C(=O)O[C@H](c4cc(C(F)(F)F)cc(C(F)(F)F)c4)[C@@H]3C)c2)c(C)c1. The average Bonchev–Trinajstić information content (AvgIpc) is 3.31. The molecular formula is C36H27F9INO3. The van der Waals surface area contributed by atoms with Crippen LogP contribution in [-0.2, 0) is 34.2 Å². The van der Waals surface area contributed by atoms with Crippen LogP contribution in [0.4, 0.5) is 44.3 Å². The minimum absolute atomic E-state index is 0.0243. The number of amides is 1. The second-order valence-electron chi connectivity index (χ2n) is 12.0. The van der Waals surface area contributed by atoms with Gasteiger partial charge in [0.15, 0.2) is 5.78 Å². The molecular weight excluding hydrogens is 792 g/mol. The number of benzene rings is 4. The quantitative estimate of drug-likeness (QED) is 0.0808. The molecule has 50 heavy (non-hydrogen) atoms. The Balaban J connectivity index is 1.59. The minimum Gasteiger partial charge on any atom is -0.439 e. The zero-order chi connectivity index (χ0) is 36.9. The summed E-state index contributed by atoms with van der Waals surface area (Å²) in [6.45, 7) is 4.08. The third kappa shape index (κ3) is 7.64. The second kappa shape index (κ2) is 13.6. The van der Waals surface area contributed by atoms with Gasteiger partial charge in [0.25, 0.3) is 0 Å². The lowest BCUT2D eigenvalue weighted by Crippen LogP contribution is -2.32. The second-order valence-corrected chi connectivity index (χ2v) is 12.7. The van der Waals surface area contributed by atoms with E-state index in [1.165, 1.54) is 19.9 Å². The van der Waals surface area contributed by atoms with E-state index in [1.54, 1.807) is 24.3 Å². The topological polar surface area (TPSA) is 46.6 Å². The number of alkyl halides is 10. The van der Waals surface area contributed by atoms with Gasteiger partial charge in [0.2, 0.25) is 0 Å². The average molecular weight is 820 g/mol. The molecule has 4 aromatic carbocycles. The van der Waals surface area contributed by atoms with E-state index in [2.05, 4.69) is 22.6 Å². The highest BCUT2D eigenvalue weighted by Crippen LogP contribution is 2.43. The number of cyclic esters (lactones) is 1. The van der Waals surface area contributed by atoms with Crippen molar-refractivity contribution >= 4 is 34.5 Å². The van der Waals surface area contributed by atoms with Gasteiger partial charge in [-0.2, -0.15) is 39.5 Å². The van der Waals surface area contributed by atoms with Crippen LogP contribution in [0.15, 0.2) is 72.8 Å². The lowest BCUT2D eigenvalue weighted by atomic mass is 9.89. The van der Waals surface area contributed by atoms with E-state index in [4.69, 9.17) is 4.74 Å². The van der Waals surface area contributed by atoms with Crippen molar-refractivity contribution in [1.82, 2.24) is 4.90 Å². The summed E-state index contributed by atoms with van der Waals surface area (Å²) in [4.78, 5) is 26.0. The molecule has 1 aliphatic rings. The summed E-state index contributed by atoms with van der Waals surface area (Å²) < 4.78 is 129. The first-order valence-corrected chi connectivity index (χ1v) is 16.5. The van der Waals surface area contributed by atoms with Crippen molar-refractivity contribution in [1.29, 1.82) is 0 Å². The minimum atomic E-state index is -5.15. The normalized spacial score (nSPS) is 16.9. The molecule has 1 aliphatic heterocycles.